The third kappa shape index (κ3) is 6.60. The predicted octanol–water partition coefficient (Wildman–Crippen LogP) is 2.51. The van der Waals surface area contributed by atoms with Crippen molar-refractivity contribution < 1.29 is 9.59 Å². The number of carbonyl (C=O) groups excluding carboxylic acids is 2. The summed E-state index contributed by atoms with van der Waals surface area (Å²) in [5.74, 6) is 0.880. The number of hydrogen-bond donors (Lipinski definition) is 2. The Morgan fingerprint density at radius 2 is 1.83 bits per heavy atom. The molecular formula is C17H18ClN3O2S. The summed E-state index contributed by atoms with van der Waals surface area (Å²) in [7, 11) is 0. The molecule has 0 aliphatic heterocycles. The fourth-order valence-corrected chi connectivity index (χ4v) is 2.80. The van der Waals surface area contributed by atoms with Crippen LogP contribution in [0, 0.1) is 0 Å². The lowest BCUT2D eigenvalue weighted by Gasteiger charge is -2.07. The highest BCUT2D eigenvalue weighted by molar-refractivity contribution is 7.99. The molecule has 0 saturated heterocycles. The second-order valence-electron chi connectivity index (χ2n) is 4.97. The van der Waals surface area contributed by atoms with Gasteiger partial charge in [-0.3, -0.25) is 14.6 Å². The first-order chi connectivity index (χ1) is 11.6. The summed E-state index contributed by atoms with van der Waals surface area (Å²) in [4.78, 5) is 27.6. The van der Waals surface area contributed by atoms with Gasteiger partial charge in [0, 0.05) is 41.8 Å². The SMILES string of the molecule is O=C(CSCc1cccnc1)NCCNC(=O)c1ccc(Cl)cc1. The number of aromatic nitrogens is 1. The molecular weight excluding hydrogens is 346 g/mol. The van der Waals surface area contributed by atoms with E-state index in [0.717, 1.165) is 11.3 Å². The van der Waals surface area contributed by atoms with Crippen molar-refractivity contribution in [1.82, 2.24) is 15.6 Å². The van der Waals surface area contributed by atoms with Gasteiger partial charge < -0.3 is 10.6 Å². The molecule has 0 aliphatic carbocycles. The first-order valence-corrected chi connectivity index (χ1v) is 8.95. The van der Waals surface area contributed by atoms with Gasteiger partial charge in [-0.15, -0.1) is 11.8 Å². The maximum absolute atomic E-state index is 11.9. The molecule has 1 aromatic carbocycles. The molecule has 0 atom stereocenters. The summed E-state index contributed by atoms with van der Waals surface area (Å²) in [5, 5.41) is 6.10. The number of nitrogens with one attached hydrogen (secondary N) is 2. The van der Waals surface area contributed by atoms with Crippen molar-refractivity contribution in [2.45, 2.75) is 5.75 Å². The molecule has 2 N–H and O–H groups in total. The van der Waals surface area contributed by atoms with E-state index in [2.05, 4.69) is 15.6 Å². The lowest BCUT2D eigenvalue weighted by atomic mass is 10.2. The van der Waals surface area contributed by atoms with E-state index in [0.29, 0.717) is 29.4 Å². The number of pyridine rings is 1. The van der Waals surface area contributed by atoms with Crippen molar-refractivity contribution in [1.29, 1.82) is 0 Å². The Bertz CT molecular complexity index is 665. The smallest absolute Gasteiger partial charge is 0.251 e. The van der Waals surface area contributed by atoms with Crippen LogP contribution in [-0.4, -0.2) is 35.6 Å². The van der Waals surface area contributed by atoms with Crippen LogP contribution >= 0.6 is 23.4 Å². The van der Waals surface area contributed by atoms with Gasteiger partial charge in [-0.25, -0.2) is 0 Å². The van der Waals surface area contributed by atoms with Gasteiger partial charge in [-0.1, -0.05) is 17.7 Å². The van der Waals surface area contributed by atoms with Crippen LogP contribution in [0.3, 0.4) is 0 Å². The highest BCUT2D eigenvalue weighted by atomic mass is 35.5. The van der Waals surface area contributed by atoms with Gasteiger partial charge in [0.05, 0.1) is 5.75 Å². The molecule has 1 heterocycles. The van der Waals surface area contributed by atoms with E-state index in [1.807, 2.05) is 12.1 Å². The van der Waals surface area contributed by atoms with Crippen molar-refractivity contribution in [3.05, 3.63) is 64.9 Å². The Hall–Kier alpha value is -2.05. The molecule has 0 spiro atoms. The number of nitrogens with zero attached hydrogens (tertiary/aromatic N) is 1. The van der Waals surface area contributed by atoms with Crippen molar-refractivity contribution >= 4 is 35.2 Å². The molecule has 24 heavy (non-hydrogen) atoms. The largest absolute Gasteiger partial charge is 0.354 e. The van der Waals surface area contributed by atoms with Crippen LogP contribution in [-0.2, 0) is 10.5 Å². The summed E-state index contributed by atoms with van der Waals surface area (Å²) in [6.07, 6.45) is 3.51. The van der Waals surface area contributed by atoms with Gasteiger partial charge in [0.25, 0.3) is 5.91 Å². The molecule has 1 aromatic heterocycles. The molecule has 7 heteroatoms. The Labute approximate surface area is 150 Å². The van der Waals surface area contributed by atoms with Gasteiger partial charge in [0.15, 0.2) is 0 Å². The molecule has 0 saturated carbocycles. The van der Waals surface area contributed by atoms with Gasteiger partial charge in [0.1, 0.15) is 0 Å². The standard InChI is InChI=1S/C17H18ClN3O2S/c18-15-5-3-14(4-6-15)17(23)21-9-8-20-16(22)12-24-11-13-2-1-7-19-10-13/h1-7,10H,8-9,11-12H2,(H,20,22)(H,21,23). The third-order valence-corrected chi connectivity index (χ3v) is 4.32. The van der Waals surface area contributed by atoms with Crippen LogP contribution in [0.15, 0.2) is 48.8 Å². The molecule has 2 aromatic rings. The lowest BCUT2D eigenvalue weighted by molar-refractivity contribution is -0.118. The average molecular weight is 364 g/mol. The minimum absolute atomic E-state index is 0.0513. The van der Waals surface area contributed by atoms with Crippen LogP contribution in [0.25, 0.3) is 0 Å². The van der Waals surface area contributed by atoms with Crippen LogP contribution in [0.2, 0.25) is 5.02 Å². The molecule has 126 valence electrons. The Morgan fingerprint density at radius 3 is 2.54 bits per heavy atom. The second-order valence-corrected chi connectivity index (χ2v) is 6.39. The predicted molar refractivity (Wildman–Crippen MR) is 97.2 cm³/mol. The van der Waals surface area contributed by atoms with Gasteiger partial charge in [-0.05, 0) is 35.9 Å². The molecule has 0 fully saturated rings. The first kappa shape index (κ1) is 18.3. The fourth-order valence-electron chi connectivity index (χ4n) is 1.88. The number of thioether (sulfide) groups is 1. The van der Waals surface area contributed by atoms with Crippen molar-refractivity contribution in [3.63, 3.8) is 0 Å². The van der Waals surface area contributed by atoms with Crippen molar-refractivity contribution in [3.8, 4) is 0 Å². The number of amides is 2. The maximum atomic E-state index is 11.9. The van der Waals surface area contributed by atoms with Gasteiger partial charge in [-0.2, -0.15) is 0 Å². The van der Waals surface area contributed by atoms with Crippen LogP contribution in [0.4, 0.5) is 0 Å². The minimum atomic E-state index is -0.188. The van der Waals surface area contributed by atoms with E-state index in [9.17, 15) is 9.59 Å². The van der Waals surface area contributed by atoms with Crippen LogP contribution in [0.1, 0.15) is 15.9 Å². The lowest BCUT2D eigenvalue weighted by Crippen LogP contribution is -2.35. The Morgan fingerprint density at radius 1 is 1.08 bits per heavy atom. The Balaban J connectivity index is 1.57. The fraction of sp³-hybridized carbons (Fsp3) is 0.235. The molecule has 0 radical (unpaired) electrons. The molecule has 0 unspecified atom stereocenters. The zero-order chi connectivity index (χ0) is 17.2. The second kappa shape index (κ2) is 9.95. The van der Waals surface area contributed by atoms with E-state index in [1.165, 1.54) is 11.8 Å². The summed E-state index contributed by atoms with van der Waals surface area (Å²) in [5.41, 5.74) is 1.63. The van der Waals surface area contributed by atoms with Gasteiger partial charge in [0.2, 0.25) is 5.91 Å². The minimum Gasteiger partial charge on any atom is -0.354 e. The quantitative estimate of drug-likeness (QED) is 0.707. The number of hydrogen-bond acceptors (Lipinski definition) is 4. The monoisotopic (exact) mass is 363 g/mol. The summed E-state index contributed by atoms with van der Waals surface area (Å²) < 4.78 is 0. The van der Waals surface area contributed by atoms with E-state index in [1.54, 1.807) is 36.7 Å². The normalized spacial score (nSPS) is 10.2. The first-order valence-electron chi connectivity index (χ1n) is 7.42. The van der Waals surface area contributed by atoms with Crippen molar-refractivity contribution in [2.75, 3.05) is 18.8 Å². The highest BCUT2D eigenvalue weighted by Crippen LogP contribution is 2.10. The number of carbonyl (C=O) groups is 2. The summed E-state index contributed by atoms with van der Waals surface area (Å²) >= 11 is 7.30. The molecule has 0 bridgehead atoms. The zero-order valence-electron chi connectivity index (χ0n) is 13.0. The van der Waals surface area contributed by atoms with Crippen LogP contribution in [0.5, 0.6) is 0 Å². The third-order valence-electron chi connectivity index (χ3n) is 3.06. The number of benzene rings is 1. The number of halogens is 1. The van der Waals surface area contributed by atoms with Crippen molar-refractivity contribution in [2.24, 2.45) is 0 Å². The number of rotatable bonds is 8. The van der Waals surface area contributed by atoms with E-state index < -0.39 is 0 Å². The van der Waals surface area contributed by atoms with Crippen LogP contribution < -0.4 is 10.6 Å². The molecule has 2 rings (SSSR count). The molecule has 2 amide bonds. The summed E-state index contributed by atoms with van der Waals surface area (Å²) in [6.45, 7) is 0.770. The average Bonchev–Trinajstić information content (AvgIpc) is 2.60. The maximum Gasteiger partial charge on any atom is 0.251 e. The van der Waals surface area contributed by atoms with E-state index in [-0.39, 0.29) is 11.8 Å². The zero-order valence-corrected chi connectivity index (χ0v) is 14.6. The summed E-state index contributed by atoms with van der Waals surface area (Å²) in [6, 6.07) is 10.5. The topological polar surface area (TPSA) is 71.1 Å². The van der Waals surface area contributed by atoms with Gasteiger partial charge >= 0.3 is 0 Å². The van der Waals surface area contributed by atoms with E-state index >= 15 is 0 Å². The molecule has 5 nitrogen and oxygen atoms in total. The molecule has 0 aliphatic rings. The Kier molecular flexibility index (Phi) is 7.58. The highest BCUT2D eigenvalue weighted by Gasteiger charge is 2.05. The van der Waals surface area contributed by atoms with E-state index in [4.69, 9.17) is 11.6 Å².